The van der Waals surface area contributed by atoms with Crippen molar-refractivity contribution < 1.29 is 4.79 Å². The number of pyridine rings is 1. The zero-order chi connectivity index (χ0) is 17.1. The summed E-state index contributed by atoms with van der Waals surface area (Å²) in [6.45, 7) is 2.33. The summed E-state index contributed by atoms with van der Waals surface area (Å²) in [7, 11) is 0. The van der Waals surface area contributed by atoms with Gasteiger partial charge in [-0.05, 0) is 25.0 Å². The highest BCUT2D eigenvalue weighted by atomic mass is 32.1. The smallest absolute Gasteiger partial charge is 0.224 e. The Morgan fingerprint density at radius 3 is 3.20 bits per heavy atom. The van der Waals surface area contributed by atoms with Crippen LogP contribution in [0.25, 0.3) is 4.96 Å². The highest BCUT2D eigenvalue weighted by molar-refractivity contribution is 7.15. The van der Waals surface area contributed by atoms with Gasteiger partial charge in [-0.15, -0.1) is 11.3 Å². The quantitative estimate of drug-likeness (QED) is 0.763. The van der Waals surface area contributed by atoms with E-state index in [1.807, 2.05) is 40.4 Å². The van der Waals surface area contributed by atoms with Crippen LogP contribution in [-0.2, 0) is 11.2 Å². The molecule has 1 aliphatic rings. The number of nitrogens with zero attached hydrogens (tertiary/aromatic N) is 4. The summed E-state index contributed by atoms with van der Waals surface area (Å²) >= 11 is 1.62. The highest BCUT2D eigenvalue weighted by Gasteiger charge is 2.26. The van der Waals surface area contributed by atoms with Crippen molar-refractivity contribution in [2.75, 3.05) is 24.5 Å². The predicted molar refractivity (Wildman–Crippen MR) is 99.0 cm³/mol. The third kappa shape index (κ3) is 3.66. The van der Waals surface area contributed by atoms with Gasteiger partial charge in [-0.25, -0.2) is 9.97 Å². The molecule has 0 aliphatic carbocycles. The van der Waals surface area contributed by atoms with Gasteiger partial charge in [0.05, 0.1) is 11.6 Å². The molecule has 1 aliphatic heterocycles. The summed E-state index contributed by atoms with van der Waals surface area (Å²) in [6, 6.07) is 5.91. The number of thiazole rings is 1. The molecule has 130 valence electrons. The summed E-state index contributed by atoms with van der Waals surface area (Å²) in [4.78, 5) is 24.7. The number of amides is 1. The molecule has 6 nitrogen and oxygen atoms in total. The van der Waals surface area contributed by atoms with E-state index in [1.165, 1.54) is 0 Å². The lowest BCUT2D eigenvalue weighted by Crippen LogP contribution is -2.43. The molecule has 0 bridgehead atoms. The number of imidazole rings is 1. The van der Waals surface area contributed by atoms with Gasteiger partial charge in [0.15, 0.2) is 4.96 Å². The van der Waals surface area contributed by atoms with E-state index in [0.29, 0.717) is 6.54 Å². The lowest BCUT2D eigenvalue weighted by atomic mass is 9.97. The SMILES string of the molecule is O=C(NCCc1cn2ccsc2n1)[C@@H]1CCCN(c2ccccn2)C1. The lowest BCUT2D eigenvalue weighted by Gasteiger charge is -2.32. The van der Waals surface area contributed by atoms with E-state index in [4.69, 9.17) is 0 Å². The number of nitrogens with one attached hydrogen (secondary N) is 1. The average molecular weight is 355 g/mol. The van der Waals surface area contributed by atoms with Crippen molar-refractivity contribution in [2.24, 2.45) is 5.92 Å². The Labute approximate surface area is 150 Å². The molecule has 1 atom stereocenters. The first kappa shape index (κ1) is 16.1. The average Bonchev–Trinajstić information content (AvgIpc) is 3.24. The Bertz CT molecular complexity index is 815. The van der Waals surface area contributed by atoms with E-state index in [0.717, 1.165) is 48.8 Å². The fourth-order valence-electron chi connectivity index (χ4n) is 3.29. The van der Waals surface area contributed by atoms with Crippen LogP contribution in [0.1, 0.15) is 18.5 Å². The second-order valence-electron chi connectivity index (χ2n) is 6.34. The minimum Gasteiger partial charge on any atom is -0.356 e. The molecule has 25 heavy (non-hydrogen) atoms. The van der Waals surface area contributed by atoms with Crippen LogP contribution >= 0.6 is 11.3 Å². The van der Waals surface area contributed by atoms with E-state index in [-0.39, 0.29) is 11.8 Å². The molecule has 1 N–H and O–H groups in total. The van der Waals surface area contributed by atoms with Gasteiger partial charge in [-0.1, -0.05) is 6.07 Å². The lowest BCUT2D eigenvalue weighted by molar-refractivity contribution is -0.125. The molecule has 0 unspecified atom stereocenters. The number of hydrogen-bond acceptors (Lipinski definition) is 5. The summed E-state index contributed by atoms with van der Waals surface area (Å²) < 4.78 is 2.02. The topological polar surface area (TPSA) is 62.5 Å². The first-order chi connectivity index (χ1) is 12.3. The minimum absolute atomic E-state index is 0.0289. The molecule has 1 fully saturated rings. The van der Waals surface area contributed by atoms with Gasteiger partial charge >= 0.3 is 0 Å². The molecular formula is C18H21N5OS. The molecule has 0 spiro atoms. The van der Waals surface area contributed by atoms with E-state index in [1.54, 1.807) is 17.5 Å². The van der Waals surface area contributed by atoms with Gasteiger partial charge in [0.25, 0.3) is 0 Å². The Balaban J connectivity index is 1.29. The van der Waals surface area contributed by atoms with E-state index in [2.05, 4.69) is 20.2 Å². The Kier molecular flexibility index (Phi) is 4.65. The zero-order valence-electron chi connectivity index (χ0n) is 14.0. The molecule has 0 radical (unpaired) electrons. The molecule has 1 amide bonds. The zero-order valence-corrected chi connectivity index (χ0v) is 14.8. The normalized spacial score (nSPS) is 17.8. The number of carbonyl (C=O) groups is 1. The molecule has 3 aromatic heterocycles. The Hall–Kier alpha value is -2.41. The summed E-state index contributed by atoms with van der Waals surface area (Å²) in [5, 5.41) is 5.10. The second kappa shape index (κ2) is 7.23. The standard InChI is InChI=1S/C18H21N5OS/c24-17(20-8-6-15-13-23-10-11-25-18(23)21-15)14-4-3-9-22(12-14)16-5-1-2-7-19-16/h1-2,5,7,10-11,13-14H,3-4,6,8-9,12H2,(H,20,24)/t14-/m1/s1. The number of rotatable bonds is 5. The molecule has 4 heterocycles. The van der Waals surface area contributed by atoms with Gasteiger partial charge in [-0.2, -0.15) is 0 Å². The van der Waals surface area contributed by atoms with Crippen molar-refractivity contribution in [3.63, 3.8) is 0 Å². The van der Waals surface area contributed by atoms with Crippen molar-refractivity contribution >= 4 is 28.0 Å². The van der Waals surface area contributed by atoms with Crippen molar-refractivity contribution in [3.8, 4) is 0 Å². The summed E-state index contributed by atoms with van der Waals surface area (Å²) in [5.41, 5.74) is 1.02. The van der Waals surface area contributed by atoms with E-state index < -0.39 is 0 Å². The second-order valence-corrected chi connectivity index (χ2v) is 7.21. The van der Waals surface area contributed by atoms with Crippen LogP contribution in [0, 0.1) is 5.92 Å². The van der Waals surface area contributed by atoms with Crippen LogP contribution in [-0.4, -0.2) is 39.9 Å². The fraction of sp³-hybridized carbons (Fsp3) is 0.389. The first-order valence-electron chi connectivity index (χ1n) is 8.64. The van der Waals surface area contributed by atoms with Gasteiger partial charge in [0.1, 0.15) is 5.82 Å². The molecular weight excluding hydrogens is 334 g/mol. The van der Waals surface area contributed by atoms with E-state index in [9.17, 15) is 4.79 Å². The Morgan fingerprint density at radius 1 is 1.40 bits per heavy atom. The molecule has 4 rings (SSSR count). The fourth-order valence-corrected chi connectivity index (χ4v) is 4.01. The predicted octanol–water partition coefficient (Wildman–Crippen LogP) is 2.37. The van der Waals surface area contributed by atoms with Crippen LogP contribution < -0.4 is 10.2 Å². The number of anilines is 1. The maximum absolute atomic E-state index is 12.5. The van der Waals surface area contributed by atoms with Crippen LogP contribution in [0.2, 0.25) is 0 Å². The molecule has 7 heteroatoms. The number of fused-ring (bicyclic) bond motifs is 1. The number of hydrogen-bond donors (Lipinski definition) is 1. The molecule has 3 aromatic rings. The van der Waals surface area contributed by atoms with Crippen molar-refractivity contribution in [1.29, 1.82) is 0 Å². The number of aromatic nitrogens is 3. The maximum atomic E-state index is 12.5. The van der Waals surface area contributed by atoms with Gasteiger partial charge < -0.3 is 10.2 Å². The van der Waals surface area contributed by atoms with Crippen LogP contribution in [0.15, 0.2) is 42.2 Å². The molecule has 0 saturated carbocycles. The third-order valence-electron chi connectivity index (χ3n) is 4.59. The van der Waals surface area contributed by atoms with Gasteiger partial charge in [0.2, 0.25) is 5.91 Å². The summed E-state index contributed by atoms with van der Waals surface area (Å²) in [6.07, 6.45) is 8.55. The third-order valence-corrected chi connectivity index (χ3v) is 5.36. The Morgan fingerprint density at radius 2 is 2.36 bits per heavy atom. The van der Waals surface area contributed by atoms with Crippen molar-refractivity contribution in [2.45, 2.75) is 19.3 Å². The maximum Gasteiger partial charge on any atom is 0.224 e. The largest absolute Gasteiger partial charge is 0.356 e. The monoisotopic (exact) mass is 355 g/mol. The van der Waals surface area contributed by atoms with Gasteiger partial charge in [0, 0.05) is 50.0 Å². The summed E-state index contributed by atoms with van der Waals surface area (Å²) in [5.74, 6) is 1.13. The van der Waals surface area contributed by atoms with E-state index >= 15 is 0 Å². The van der Waals surface area contributed by atoms with Crippen molar-refractivity contribution in [1.82, 2.24) is 19.7 Å². The highest BCUT2D eigenvalue weighted by Crippen LogP contribution is 2.21. The van der Waals surface area contributed by atoms with Crippen LogP contribution in [0.4, 0.5) is 5.82 Å². The van der Waals surface area contributed by atoms with Crippen LogP contribution in [0.3, 0.4) is 0 Å². The number of piperidine rings is 1. The van der Waals surface area contributed by atoms with Crippen LogP contribution in [0.5, 0.6) is 0 Å². The molecule has 1 saturated heterocycles. The minimum atomic E-state index is 0.0289. The molecule has 0 aromatic carbocycles. The van der Waals surface area contributed by atoms with Gasteiger partial charge in [-0.3, -0.25) is 9.20 Å². The van der Waals surface area contributed by atoms with Crippen molar-refractivity contribution in [3.05, 3.63) is 47.9 Å². The first-order valence-corrected chi connectivity index (χ1v) is 9.52. The number of carbonyl (C=O) groups excluding carboxylic acids is 1.